The van der Waals surface area contributed by atoms with Crippen molar-refractivity contribution in [1.29, 1.82) is 0 Å². The zero-order valence-electron chi connectivity index (χ0n) is 19.5. The highest BCUT2D eigenvalue weighted by Crippen LogP contribution is 2.52. The van der Waals surface area contributed by atoms with Gasteiger partial charge in [0.2, 0.25) is 0 Å². The fourth-order valence-corrected chi connectivity index (χ4v) is 5.58. The minimum absolute atomic E-state index is 0.270. The van der Waals surface area contributed by atoms with Crippen LogP contribution in [-0.2, 0) is 5.54 Å². The minimum Gasteiger partial charge on any atom is -0.321 e. The molecule has 0 radical (unpaired) electrons. The molecule has 6 rings (SSSR count). The Labute approximate surface area is 197 Å². The summed E-state index contributed by atoms with van der Waals surface area (Å²) in [7, 11) is 0. The Morgan fingerprint density at radius 3 is 2.41 bits per heavy atom. The lowest BCUT2D eigenvalue weighted by Gasteiger charge is -2.51. The molecule has 0 unspecified atom stereocenters. The van der Waals surface area contributed by atoms with Crippen molar-refractivity contribution in [3.05, 3.63) is 83.9 Å². The van der Waals surface area contributed by atoms with Crippen molar-refractivity contribution in [2.75, 3.05) is 0 Å². The number of benzene rings is 2. The Bertz CT molecular complexity index is 1560. The van der Waals surface area contributed by atoms with Crippen LogP contribution in [0, 0.1) is 18.2 Å². The number of fused-ring (bicyclic) bond motifs is 3. The Morgan fingerprint density at radius 2 is 1.71 bits per heavy atom. The van der Waals surface area contributed by atoms with E-state index in [1.807, 2.05) is 37.3 Å². The molecular formula is C28H26FN5. The van der Waals surface area contributed by atoms with Gasteiger partial charge in [0.1, 0.15) is 5.82 Å². The molecule has 1 aliphatic rings. The van der Waals surface area contributed by atoms with Crippen LogP contribution in [-0.4, -0.2) is 19.6 Å². The first-order chi connectivity index (χ1) is 16.2. The van der Waals surface area contributed by atoms with Gasteiger partial charge in [-0.1, -0.05) is 56.3 Å². The fraction of sp³-hybridized carbons (Fsp3) is 0.250. The Hall–Kier alpha value is -3.64. The number of nitrogens with two attached hydrogens (primary N) is 1. The summed E-state index contributed by atoms with van der Waals surface area (Å²) in [4.78, 5) is 9.52. The number of nitrogens with zero attached hydrogens (tertiary/aromatic N) is 4. The van der Waals surface area contributed by atoms with Gasteiger partial charge in [0.15, 0.2) is 11.3 Å². The average Bonchev–Trinajstić information content (AvgIpc) is 3.18. The van der Waals surface area contributed by atoms with Crippen LogP contribution in [0.25, 0.3) is 39.1 Å². The highest BCUT2D eigenvalue weighted by Gasteiger charge is 2.47. The van der Waals surface area contributed by atoms with E-state index in [4.69, 9.17) is 10.7 Å². The SMILES string of the molecule is Cc1cc2ncc3cc(-c4ccccc4F)c(-c4ccc(C5(N)CC(C)(C)C5)cc4)nc3n2n1. The van der Waals surface area contributed by atoms with E-state index in [0.29, 0.717) is 16.9 Å². The number of pyridine rings is 1. The van der Waals surface area contributed by atoms with Crippen molar-refractivity contribution in [3.8, 4) is 22.4 Å². The molecule has 6 heteroatoms. The summed E-state index contributed by atoms with van der Waals surface area (Å²) in [6, 6.07) is 18.9. The molecule has 3 heterocycles. The summed E-state index contributed by atoms with van der Waals surface area (Å²) in [6.45, 7) is 6.43. The van der Waals surface area contributed by atoms with Gasteiger partial charge in [-0.15, -0.1) is 0 Å². The van der Waals surface area contributed by atoms with Crippen molar-refractivity contribution >= 4 is 16.7 Å². The molecule has 5 nitrogen and oxygen atoms in total. The average molecular weight is 452 g/mol. The number of hydrogen-bond acceptors (Lipinski definition) is 4. The summed E-state index contributed by atoms with van der Waals surface area (Å²) < 4.78 is 16.6. The lowest BCUT2D eigenvalue weighted by atomic mass is 9.57. The molecule has 34 heavy (non-hydrogen) atoms. The molecule has 170 valence electrons. The van der Waals surface area contributed by atoms with Crippen molar-refractivity contribution in [3.63, 3.8) is 0 Å². The fourth-order valence-electron chi connectivity index (χ4n) is 5.58. The molecule has 2 aromatic carbocycles. The first kappa shape index (κ1) is 20.9. The van der Waals surface area contributed by atoms with Gasteiger partial charge in [0.25, 0.3) is 0 Å². The van der Waals surface area contributed by atoms with Crippen LogP contribution in [0.5, 0.6) is 0 Å². The maximum Gasteiger partial charge on any atom is 0.165 e. The van der Waals surface area contributed by atoms with E-state index in [-0.39, 0.29) is 16.8 Å². The molecular weight excluding hydrogens is 425 g/mol. The molecule has 1 fully saturated rings. The minimum atomic E-state index is -0.294. The van der Waals surface area contributed by atoms with E-state index < -0.39 is 0 Å². The second kappa shape index (κ2) is 7.18. The third-order valence-electron chi connectivity index (χ3n) is 6.87. The van der Waals surface area contributed by atoms with E-state index in [1.54, 1.807) is 22.8 Å². The summed E-state index contributed by atoms with van der Waals surface area (Å²) in [5, 5.41) is 5.37. The standard InChI is InChI=1S/C28H26FN5/c1-17-12-24-31-14-19-13-22(21-6-4-5-7-23(21)29)25(32-26(19)34(24)33-17)18-8-10-20(11-9-18)28(30)15-27(2,3)16-28/h4-14H,15-16,30H2,1-3H3. The molecule has 0 atom stereocenters. The number of rotatable bonds is 3. The van der Waals surface area contributed by atoms with E-state index in [2.05, 4.69) is 36.1 Å². The monoisotopic (exact) mass is 451 g/mol. The number of aromatic nitrogens is 4. The van der Waals surface area contributed by atoms with Crippen molar-refractivity contribution in [1.82, 2.24) is 19.6 Å². The Kier molecular flexibility index (Phi) is 4.42. The van der Waals surface area contributed by atoms with Gasteiger partial charge in [-0.3, -0.25) is 0 Å². The highest BCUT2D eigenvalue weighted by molar-refractivity contribution is 5.90. The second-order valence-corrected chi connectivity index (χ2v) is 10.3. The van der Waals surface area contributed by atoms with E-state index in [1.165, 1.54) is 6.07 Å². The van der Waals surface area contributed by atoms with Gasteiger partial charge < -0.3 is 5.73 Å². The molecule has 3 aromatic heterocycles. The summed E-state index contributed by atoms with van der Waals surface area (Å²) >= 11 is 0. The van der Waals surface area contributed by atoms with Gasteiger partial charge in [-0.25, -0.2) is 14.4 Å². The number of hydrogen-bond donors (Lipinski definition) is 1. The Balaban J connectivity index is 1.55. The van der Waals surface area contributed by atoms with Gasteiger partial charge in [0, 0.05) is 39.9 Å². The normalized spacial score (nSPS) is 16.6. The van der Waals surface area contributed by atoms with Crippen LogP contribution in [0.3, 0.4) is 0 Å². The molecule has 5 aromatic rings. The zero-order chi connectivity index (χ0) is 23.7. The first-order valence-electron chi connectivity index (χ1n) is 11.5. The van der Waals surface area contributed by atoms with E-state index >= 15 is 0 Å². The van der Waals surface area contributed by atoms with Crippen molar-refractivity contribution < 1.29 is 4.39 Å². The molecule has 0 bridgehead atoms. The lowest BCUT2D eigenvalue weighted by Crippen LogP contribution is -2.53. The first-order valence-corrected chi connectivity index (χ1v) is 11.5. The molecule has 0 amide bonds. The quantitative estimate of drug-likeness (QED) is 0.363. The largest absolute Gasteiger partial charge is 0.321 e. The molecule has 1 saturated carbocycles. The van der Waals surface area contributed by atoms with E-state index in [0.717, 1.165) is 46.3 Å². The molecule has 0 spiro atoms. The predicted molar refractivity (Wildman–Crippen MR) is 133 cm³/mol. The van der Waals surface area contributed by atoms with Crippen LogP contribution in [0.15, 0.2) is 66.9 Å². The van der Waals surface area contributed by atoms with Crippen LogP contribution >= 0.6 is 0 Å². The maximum absolute atomic E-state index is 14.9. The summed E-state index contributed by atoms with van der Waals surface area (Å²) in [6.07, 6.45) is 3.68. The molecule has 0 aliphatic heterocycles. The topological polar surface area (TPSA) is 69.1 Å². The number of halogens is 1. The smallest absolute Gasteiger partial charge is 0.165 e. The van der Waals surface area contributed by atoms with Crippen LogP contribution in [0.2, 0.25) is 0 Å². The van der Waals surface area contributed by atoms with Crippen LogP contribution in [0.1, 0.15) is 37.9 Å². The third-order valence-corrected chi connectivity index (χ3v) is 6.87. The summed E-state index contributed by atoms with van der Waals surface area (Å²) in [5.74, 6) is -0.289. The van der Waals surface area contributed by atoms with Gasteiger partial charge >= 0.3 is 0 Å². The molecule has 0 saturated heterocycles. The summed E-state index contributed by atoms with van der Waals surface area (Å²) in [5.41, 5.74) is 12.9. The van der Waals surface area contributed by atoms with Crippen molar-refractivity contribution in [2.45, 2.75) is 39.2 Å². The van der Waals surface area contributed by atoms with Crippen LogP contribution < -0.4 is 5.73 Å². The second-order valence-electron chi connectivity index (χ2n) is 10.3. The Morgan fingerprint density at radius 1 is 0.971 bits per heavy atom. The molecule has 2 N–H and O–H groups in total. The van der Waals surface area contributed by atoms with Crippen LogP contribution in [0.4, 0.5) is 4.39 Å². The molecule has 1 aliphatic carbocycles. The zero-order valence-corrected chi connectivity index (χ0v) is 19.5. The van der Waals surface area contributed by atoms with Gasteiger partial charge in [-0.05, 0) is 42.9 Å². The lowest BCUT2D eigenvalue weighted by molar-refractivity contribution is 0.0618. The van der Waals surface area contributed by atoms with Crippen molar-refractivity contribution in [2.24, 2.45) is 11.1 Å². The van der Waals surface area contributed by atoms with E-state index in [9.17, 15) is 4.39 Å². The number of aryl methyl sites for hydroxylation is 1. The maximum atomic E-state index is 14.9. The van der Waals surface area contributed by atoms with Gasteiger partial charge in [0.05, 0.1) is 11.4 Å². The third kappa shape index (κ3) is 3.29. The highest BCUT2D eigenvalue weighted by atomic mass is 19.1. The predicted octanol–water partition coefficient (Wildman–Crippen LogP) is 6.03. The van der Waals surface area contributed by atoms with Gasteiger partial charge in [-0.2, -0.15) is 9.61 Å².